The first kappa shape index (κ1) is 12.5. The van der Waals surface area contributed by atoms with Gasteiger partial charge in [-0.05, 0) is 30.0 Å². The Morgan fingerprint density at radius 2 is 2.00 bits per heavy atom. The molecule has 1 aliphatic rings. The van der Waals surface area contributed by atoms with Gasteiger partial charge >= 0.3 is 0 Å². The molecule has 2 rings (SSSR count). The van der Waals surface area contributed by atoms with Crippen molar-refractivity contribution in [1.82, 2.24) is 4.90 Å². The highest BCUT2D eigenvalue weighted by molar-refractivity contribution is 6.53. The van der Waals surface area contributed by atoms with Crippen LogP contribution in [0.1, 0.15) is 17.5 Å². The molecule has 0 radical (unpaired) electrons. The first-order chi connectivity index (χ1) is 8.09. The Kier molecular flexibility index (Phi) is 3.75. The molecule has 1 aliphatic carbocycles. The van der Waals surface area contributed by atoms with Crippen molar-refractivity contribution in [3.63, 3.8) is 0 Å². The molecule has 0 atom stereocenters. The van der Waals surface area contributed by atoms with Gasteiger partial charge in [0.05, 0.1) is 0 Å². The summed E-state index contributed by atoms with van der Waals surface area (Å²) in [6, 6.07) is 8.17. The number of amides is 1. The Morgan fingerprint density at radius 3 is 2.71 bits per heavy atom. The molecule has 0 aromatic heterocycles. The van der Waals surface area contributed by atoms with E-state index in [0.717, 1.165) is 24.1 Å². The fraction of sp³-hybridized carbons (Fsp3) is 0.308. The predicted octanol–water partition coefficient (Wildman–Crippen LogP) is 3.24. The van der Waals surface area contributed by atoms with Crippen LogP contribution in [0.4, 0.5) is 0 Å². The highest BCUT2D eigenvalue weighted by atomic mass is 35.5. The van der Waals surface area contributed by atoms with E-state index in [-0.39, 0.29) is 5.91 Å². The number of benzene rings is 1. The molecule has 4 heteroatoms. The van der Waals surface area contributed by atoms with E-state index < -0.39 is 4.84 Å². The van der Waals surface area contributed by atoms with Crippen LogP contribution in [0, 0.1) is 0 Å². The molecule has 0 fully saturated rings. The van der Waals surface area contributed by atoms with Gasteiger partial charge in [-0.3, -0.25) is 4.79 Å². The van der Waals surface area contributed by atoms with E-state index in [1.807, 2.05) is 24.3 Å². The van der Waals surface area contributed by atoms with E-state index in [4.69, 9.17) is 23.2 Å². The maximum atomic E-state index is 11.7. The largest absolute Gasteiger partial charge is 0.317 e. The molecule has 0 heterocycles. The summed E-state index contributed by atoms with van der Waals surface area (Å²) in [6.45, 7) is 0. The molecule has 0 saturated carbocycles. The van der Waals surface area contributed by atoms with Gasteiger partial charge in [-0.25, -0.2) is 0 Å². The first-order valence-corrected chi connectivity index (χ1v) is 6.31. The highest BCUT2D eigenvalue weighted by Crippen LogP contribution is 2.26. The molecule has 17 heavy (non-hydrogen) atoms. The summed E-state index contributed by atoms with van der Waals surface area (Å²) >= 11 is 11.2. The standard InChI is InChI=1S/C13H13Cl2NO/c1-16(13(17)12(14)15)11-7-6-9-4-2-3-5-10(9)8-11/h2-5,8,12H,6-7H2,1H3. The average Bonchev–Trinajstić information content (AvgIpc) is 2.36. The van der Waals surface area contributed by atoms with Crippen LogP contribution in [0.25, 0.3) is 6.08 Å². The Labute approximate surface area is 111 Å². The lowest BCUT2D eigenvalue weighted by molar-refractivity contribution is -0.126. The van der Waals surface area contributed by atoms with Gasteiger partial charge in [-0.1, -0.05) is 47.5 Å². The SMILES string of the molecule is CN(C(=O)C(Cl)Cl)C1=Cc2ccccc2CC1. The van der Waals surface area contributed by atoms with Gasteiger partial charge in [-0.15, -0.1) is 0 Å². The molecule has 0 saturated heterocycles. The maximum Gasteiger partial charge on any atom is 0.259 e. The summed E-state index contributed by atoms with van der Waals surface area (Å²) in [5.74, 6) is -0.279. The Balaban J connectivity index is 2.25. The van der Waals surface area contributed by atoms with Gasteiger partial charge < -0.3 is 4.90 Å². The van der Waals surface area contributed by atoms with Crippen LogP contribution in [-0.2, 0) is 11.2 Å². The van der Waals surface area contributed by atoms with E-state index in [1.165, 1.54) is 5.56 Å². The lowest BCUT2D eigenvalue weighted by atomic mass is 9.95. The van der Waals surface area contributed by atoms with Crippen molar-refractivity contribution < 1.29 is 4.79 Å². The van der Waals surface area contributed by atoms with Crippen molar-refractivity contribution in [2.24, 2.45) is 0 Å². The molecule has 0 spiro atoms. The quantitative estimate of drug-likeness (QED) is 0.755. The normalized spacial score (nSPS) is 14.2. The molecule has 90 valence electrons. The van der Waals surface area contributed by atoms with Crippen molar-refractivity contribution in [1.29, 1.82) is 0 Å². The molecule has 1 aromatic carbocycles. The summed E-state index contributed by atoms with van der Waals surface area (Å²) in [7, 11) is 1.71. The Morgan fingerprint density at radius 1 is 1.29 bits per heavy atom. The first-order valence-electron chi connectivity index (χ1n) is 5.44. The average molecular weight is 270 g/mol. The molecule has 0 aliphatic heterocycles. The number of fused-ring (bicyclic) bond motifs is 1. The third kappa shape index (κ3) is 2.64. The second kappa shape index (κ2) is 5.11. The van der Waals surface area contributed by atoms with Gasteiger partial charge in [0.2, 0.25) is 0 Å². The molecular formula is C13H13Cl2NO. The van der Waals surface area contributed by atoms with Crippen molar-refractivity contribution in [3.05, 3.63) is 41.1 Å². The fourth-order valence-electron chi connectivity index (χ4n) is 1.97. The zero-order valence-electron chi connectivity index (χ0n) is 9.49. The van der Waals surface area contributed by atoms with Crippen molar-refractivity contribution >= 4 is 35.2 Å². The van der Waals surface area contributed by atoms with E-state index in [2.05, 4.69) is 6.07 Å². The summed E-state index contributed by atoms with van der Waals surface area (Å²) in [6.07, 6.45) is 3.79. The maximum absolute atomic E-state index is 11.7. The predicted molar refractivity (Wildman–Crippen MR) is 71.0 cm³/mol. The number of carbonyl (C=O) groups excluding carboxylic acids is 1. The number of aryl methyl sites for hydroxylation is 1. The summed E-state index contributed by atoms with van der Waals surface area (Å²) in [4.78, 5) is 12.2. The Hall–Kier alpha value is -0.990. The van der Waals surface area contributed by atoms with Crippen LogP contribution in [0.5, 0.6) is 0 Å². The van der Waals surface area contributed by atoms with Crippen molar-refractivity contribution in [2.45, 2.75) is 17.7 Å². The lowest BCUT2D eigenvalue weighted by Gasteiger charge is -2.25. The summed E-state index contributed by atoms with van der Waals surface area (Å²) in [5, 5.41) is 0. The second-order valence-electron chi connectivity index (χ2n) is 4.03. The third-order valence-electron chi connectivity index (χ3n) is 2.98. The van der Waals surface area contributed by atoms with Gasteiger partial charge in [0, 0.05) is 12.7 Å². The molecule has 2 nitrogen and oxygen atoms in total. The summed E-state index contributed by atoms with van der Waals surface area (Å²) in [5.41, 5.74) is 3.43. The molecular weight excluding hydrogens is 257 g/mol. The summed E-state index contributed by atoms with van der Waals surface area (Å²) < 4.78 is 0. The topological polar surface area (TPSA) is 20.3 Å². The molecule has 0 N–H and O–H groups in total. The van der Waals surface area contributed by atoms with E-state index in [9.17, 15) is 4.79 Å². The van der Waals surface area contributed by atoms with Crippen LogP contribution in [-0.4, -0.2) is 22.7 Å². The van der Waals surface area contributed by atoms with Crippen LogP contribution >= 0.6 is 23.2 Å². The molecule has 0 unspecified atom stereocenters. The third-order valence-corrected chi connectivity index (χ3v) is 3.35. The van der Waals surface area contributed by atoms with Crippen LogP contribution in [0.2, 0.25) is 0 Å². The minimum absolute atomic E-state index is 0.279. The number of alkyl halides is 2. The van der Waals surface area contributed by atoms with Crippen LogP contribution in [0.15, 0.2) is 30.0 Å². The molecule has 1 aromatic rings. The van der Waals surface area contributed by atoms with E-state index in [0.29, 0.717) is 0 Å². The number of allylic oxidation sites excluding steroid dienone is 1. The number of hydrogen-bond acceptors (Lipinski definition) is 1. The number of nitrogens with zero attached hydrogens (tertiary/aromatic N) is 1. The van der Waals surface area contributed by atoms with Crippen LogP contribution < -0.4 is 0 Å². The lowest BCUT2D eigenvalue weighted by Crippen LogP contribution is -2.31. The van der Waals surface area contributed by atoms with Gasteiger partial charge in [-0.2, -0.15) is 0 Å². The van der Waals surface area contributed by atoms with Gasteiger partial charge in [0.1, 0.15) is 0 Å². The van der Waals surface area contributed by atoms with Crippen LogP contribution in [0.3, 0.4) is 0 Å². The fourth-order valence-corrected chi connectivity index (χ4v) is 2.26. The number of hydrogen-bond donors (Lipinski definition) is 0. The van der Waals surface area contributed by atoms with E-state index >= 15 is 0 Å². The number of rotatable bonds is 2. The molecule has 0 bridgehead atoms. The minimum atomic E-state index is -1.00. The van der Waals surface area contributed by atoms with E-state index in [1.54, 1.807) is 11.9 Å². The minimum Gasteiger partial charge on any atom is -0.317 e. The zero-order valence-corrected chi connectivity index (χ0v) is 11.0. The smallest absolute Gasteiger partial charge is 0.259 e. The number of halogens is 2. The second-order valence-corrected chi connectivity index (χ2v) is 5.13. The zero-order chi connectivity index (χ0) is 12.4. The molecule has 1 amide bonds. The van der Waals surface area contributed by atoms with Crippen molar-refractivity contribution in [2.75, 3.05) is 7.05 Å². The highest BCUT2D eigenvalue weighted by Gasteiger charge is 2.21. The monoisotopic (exact) mass is 269 g/mol. The number of carbonyl (C=O) groups is 1. The van der Waals surface area contributed by atoms with Gasteiger partial charge in [0.15, 0.2) is 4.84 Å². The van der Waals surface area contributed by atoms with Gasteiger partial charge in [0.25, 0.3) is 5.91 Å². The van der Waals surface area contributed by atoms with Crippen molar-refractivity contribution in [3.8, 4) is 0 Å². The Bertz CT molecular complexity index is 468.